The molecule has 1 heterocycles. The number of fused-ring (bicyclic) bond motifs is 1. The van der Waals surface area contributed by atoms with E-state index in [4.69, 9.17) is 9.47 Å². The standard InChI is InChI=1S/C28H38N2O3/c1-4-5-6-10-16-28(31)33-27(20-32-26-15-11-14-24-23(26)17-18-29-24)25(30-21(2)3)19-22-12-8-7-9-13-22/h7-9,11-15,17-18,21,25,27,29-30H,4-6,10,16,19-20H2,1-3H3. The van der Waals surface area contributed by atoms with Crippen molar-refractivity contribution in [3.8, 4) is 5.75 Å². The molecule has 0 fully saturated rings. The predicted octanol–water partition coefficient (Wildman–Crippen LogP) is 6.04. The van der Waals surface area contributed by atoms with E-state index < -0.39 is 6.10 Å². The Morgan fingerprint density at radius 2 is 1.82 bits per heavy atom. The number of ether oxygens (including phenoxy) is 2. The van der Waals surface area contributed by atoms with E-state index in [-0.39, 0.29) is 18.1 Å². The summed E-state index contributed by atoms with van der Waals surface area (Å²) < 4.78 is 12.3. The molecule has 0 saturated carbocycles. The zero-order valence-corrected chi connectivity index (χ0v) is 20.2. The second-order valence-electron chi connectivity index (χ2n) is 8.96. The monoisotopic (exact) mass is 450 g/mol. The molecule has 33 heavy (non-hydrogen) atoms. The summed E-state index contributed by atoms with van der Waals surface area (Å²) >= 11 is 0. The number of nitrogens with one attached hydrogen (secondary N) is 2. The molecule has 0 amide bonds. The van der Waals surface area contributed by atoms with E-state index in [1.807, 2.05) is 48.7 Å². The summed E-state index contributed by atoms with van der Waals surface area (Å²) in [6.07, 6.45) is 6.92. The van der Waals surface area contributed by atoms with Crippen LogP contribution < -0.4 is 10.1 Å². The minimum atomic E-state index is -0.402. The Morgan fingerprint density at radius 1 is 1.00 bits per heavy atom. The third-order valence-electron chi connectivity index (χ3n) is 5.77. The first-order valence-corrected chi connectivity index (χ1v) is 12.2. The van der Waals surface area contributed by atoms with E-state index in [9.17, 15) is 4.79 Å². The third kappa shape index (κ3) is 7.93. The summed E-state index contributed by atoms with van der Waals surface area (Å²) in [5, 5.41) is 4.64. The quantitative estimate of drug-likeness (QED) is 0.232. The van der Waals surface area contributed by atoms with Gasteiger partial charge < -0.3 is 19.8 Å². The largest absolute Gasteiger partial charge is 0.489 e. The first-order chi connectivity index (χ1) is 16.1. The minimum absolute atomic E-state index is 0.0579. The van der Waals surface area contributed by atoms with Crippen molar-refractivity contribution >= 4 is 16.9 Å². The number of esters is 1. The van der Waals surface area contributed by atoms with Crippen LogP contribution in [-0.4, -0.2) is 35.7 Å². The lowest BCUT2D eigenvalue weighted by molar-refractivity contribution is -0.152. The second kappa shape index (κ2) is 13.0. The van der Waals surface area contributed by atoms with Crippen LogP contribution in [0.25, 0.3) is 10.9 Å². The third-order valence-corrected chi connectivity index (χ3v) is 5.77. The maximum Gasteiger partial charge on any atom is 0.306 e. The molecule has 0 saturated heterocycles. The summed E-state index contributed by atoms with van der Waals surface area (Å²) in [6.45, 7) is 6.69. The molecular formula is C28H38N2O3. The van der Waals surface area contributed by atoms with E-state index in [2.05, 4.69) is 43.2 Å². The Bertz CT molecular complexity index is 967. The summed E-state index contributed by atoms with van der Waals surface area (Å²) in [6, 6.07) is 18.5. The molecule has 2 unspecified atom stereocenters. The van der Waals surface area contributed by atoms with Crippen molar-refractivity contribution in [3.63, 3.8) is 0 Å². The Labute approximate surface area is 197 Å². The molecule has 0 aliphatic rings. The van der Waals surface area contributed by atoms with Gasteiger partial charge in [-0.05, 0) is 36.6 Å². The number of hydrogen-bond acceptors (Lipinski definition) is 4. The van der Waals surface area contributed by atoms with E-state index in [1.54, 1.807) is 0 Å². The number of unbranched alkanes of at least 4 members (excludes halogenated alkanes) is 3. The highest BCUT2D eigenvalue weighted by Crippen LogP contribution is 2.25. The molecule has 2 atom stereocenters. The molecule has 0 aliphatic heterocycles. The number of carbonyl (C=O) groups excluding carboxylic acids is 1. The van der Waals surface area contributed by atoms with Crippen LogP contribution in [0.3, 0.4) is 0 Å². The van der Waals surface area contributed by atoms with Gasteiger partial charge in [0.15, 0.2) is 6.10 Å². The smallest absolute Gasteiger partial charge is 0.306 e. The molecule has 3 aromatic rings. The first-order valence-electron chi connectivity index (χ1n) is 12.2. The number of rotatable bonds is 14. The highest BCUT2D eigenvalue weighted by Gasteiger charge is 2.27. The lowest BCUT2D eigenvalue weighted by Gasteiger charge is -2.30. The molecule has 178 valence electrons. The van der Waals surface area contributed by atoms with Gasteiger partial charge in [0.1, 0.15) is 12.4 Å². The topological polar surface area (TPSA) is 63.4 Å². The van der Waals surface area contributed by atoms with Gasteiger partial charge in [-0.15, -0.1) is 0 Å². The molecule has 5 nitrogen and oxygen atoms in total. The van der Waals surface area contributed by atoms with Gasteiger partial charge in [-0.25, -0.2) is 0 Å². The molecule has 5 heteroatoms. The van der Waals surface area contributed by atoms with Gasteiger partial charge in [-0.2, -0.15) is 0 Å². The van der Waals surface area contributed by atoms with Gasteiger partial charge >= 0.3 is 5.97 Å². The van der Waals surface area contributed by atoms with Crippen LogP contribution in [0.1, 0.15) is 58.4 Å². The number of aromatic amines is 1. The van der Waals surface area contributed by atoms with Crippen molar-refractivity contribution in [2.24, 2.45) is 0 Å². The van der Waals surface area contributed by atoms with Crippen LogP contribution >= 0.6 is 0 Å². The van der Waals surface area contributed by atoms with Crippen LogP contribution in [0.4, 0.5) is 0 Å². The average molecular weight is 451 g/mol. The minimum Gasteiger partial charge on any atom is -0.489 e. The second-order valence-corrected chi connectivity index (χ2v) is 8.96. The molecule has 0 radical (unpaired) electrons. The normalized spacial score (nSPS) is 13.2. The summed E-state index contributed by atoms with van der Waals surface area (Å²) in [7, 11) is 0. The summed E-state index contributed by atoms with van der Waals surface area (Å²) in [4.78, 5) is 15.9. The van der Waals surface area contributed by atoms with Gasteiger partial charge in [-0.1, -0.05) is 76.4 Å². The highest BCUT2D eigenvalue weighted by atomic mass is 16.6. The van der Waals surface area contributed by atoms with E-state index in [1.165, 1.54) is 5.56 Å². The van der Waals surface area contributed by atoms with Crippen LogP contribution in [0.15, 0.2) is 60.8 Å². The Balaban J connectivity index is 1.75. The Kier molecular flexibility index (Phi) is 9.82. The lowest BCUT2D eigenvalue weighted by atomic mass is 10.0. The SMILES string of the molecule is CCCCCCC(=O)OC(COc1cccc2[nH]ccc12)C(Cc1ccccc1)NC(C)C. The number of H-pyrrole nitrogens is 1. The zero-order chi connectivity index (χ0) is 23.5. The van der Waals surface area contributed by atoms with Crippen LogP contribution in [0, 0.1) is 0 Å². The molecule has 2 aromatic carbocycles. The number of carbonyl (C=O) groups is 1. The van der Waals surface area contributed by atoms with Crippen molar-refractivity contribution in [1.29, 1.82) is 0 Å². The maximum atomic E-state index is 12.7. The van der Waals surface area contributed by atoms with Crippen LogP contribution in [-0.2, 0) is 16.0 Å². The van der Waals surface area contributed by atoms with E-state index in [0.29, 0.717) is 13.0 Å². The first kappa shape index (κ1) is 24.8. The molecule has 3 rings (SSSR count). The van der Waals surface area contributed by atoms with Gasteiger partial charge in [0.25, 0.3) is 0 Å². The highest BCUT2D eigenvalue weighted by molar-refractivity contribution is 5.85. The molecule has 1 aromatic heterocycles. The lowest BCUT2D eigenvalue weighted by Crippen LogP contribution is -2.49. The molecular weight excluding hydrogens is 412 g/mol. The average Bonchev–Trinajstić information content (AvgIpc) is 3.29. The van der Waals surface area contributed by atoms with Crippen molar-refractivity contribution in [2.45, 2.75) is 77.5 Å². The number of aromatic nitrogens is 1. The zero-order valence-electron chi connectivity index (χ0n) is 20.2. The number of hydrogen-bond donors (Lipinski definition) is 2. The summed E-state index contributed by atoms with van der Waals surface area (Å²) in [5.74, 6) is 0.643. The maximum absolute atomic E-state index is 12.7. The molecule has 2 N–H and O–H groups in total. The fourth-order valence-electron chi connectivity index (χ4n) is 4.10. The van der Waals surface area contributed by atoms with Crippen molar-refractivity contribution in [1.82, 2.24) is 10.3 Å². The van der Waals surface area contributed by atoms with Gasteiger partial charge in [0.2, 0.25) is 0 Å². The Morgan fingerprint density at radius 3 is 2.58 bits per heavy atom. The van der Waals surface area contributed by atoms with Crippen molar-refractivity contribution in [2.75, 3.05) is 6.61 Å². The summed E-state index contributed by atoms with van der Waals surface area (Å²) in [5.41, 5.74) is 2.23. The van der Waals surface area contributed by atoms with Crippen molar-refractivity contribution < 1.29 is 14.3 Å². The van der Waals surface area contributed by atoms with Gasteiger partial charge in [-0.3, -0.25) is 4.79 Å². The van der Waals surface area contributed by atoms with Gasteiger partial charge in [0.05, 0.1) is 6.04 Å². The molecule has 0 bridgehead atoms. The number of benzene rings is 2. The van der Waals surface area contributed by atoms with E-state index >= 15 is 0 Å². The molecule has 0 aliphatic carbocycles. The van der Waals surface area contributed by atoms with Crippen LogP contribution in [0.2, 0.25) is 0 Å². The van der Waals surface area contributed by atoms with Gasteiger partial charge in [0, 0.05) is 29.6 Å². The molecule has 0 spiro atoms. The van der Waals surface area contributed by atoms with E-state index in [0.717, 1.165) is 48.8 Å². The predicted molar refractivity (Wildman–Crippen MR) is 135 cm³/mol. The van der Waals surface area contributed by atoms with Crippen LogP contribution in [0.5, 0.6) is 5.75 Å². The fraction of sp³-hybridized carbons (Fsp3) is 0.464. The van der Waals surface area contributed by atoms with Crippen molar-refractivity contribution in [3.05, 3.63) is 66.4 Å². The fourth-order valence-corrected chi connectivity index (χ4v) is 4.10. The Hall–Kier alpha value is -2.79.